The van der Waals surface area contributed by atoms with Gasteiger partial charge >= 0.3 is 0 Å². The summed E-state index contributed by atoms with van der Waals surface area (Å²) < 4.78 is 12.9. The van der Waals surface area contributed by atoms with Gasteiger partial charge in [0.25, 0.3) is 0 Å². The monoisotopic (exact) mass is 374 g/mol. The number of H-pyrrole nitrogens is 1. The minimum absolute atomic E-state index is 0.0371. The molecule has 1 aromatic heterocycles. The third kappa shape index (κ3) is 5.42. The highest BCUT2D eigenvalue weighted by molar-refractivity contribution is 8.00. The maximum absolute atomic E-state index is 12.9. The summed E-state index contributed by atoms with van der Waals surface area (Å²) in [6, 6.07) is 6.51. The van der Waals surface area contributed by atoms with Crippen molar-refractivity contribution in [2.45, 2.75) is 55.5 Å². The molecule has 5 nitrogen and oxygen atoms in total. The van der Waals surface area contributed by atoms with Crippen LogP contribution in [-0.4, -0.2) is 32.4 Å². The summed E-state index contributed by atoms with van der Waals surface area (Å²) in [7, 11) is 0. The highest BCUT2D eigenvalue weighted by atomic mass is 32.2. The van der Waals surface area contributed by atoms with Gasteiger partial charge in [-0.05, 0) is 43.5 Å². The topological polar surface area (TPSA) is 70.7 Å². The first-order valence-corrected chi connectivity index (χ1v) is 9.81. The third-order valence-electron chi connectivity index (χ3n) is 4.39. The van der Waals surface area contributed by atoms with Crippen LogP contribution in [-0.2, 0) is 4.79 Å². The summed E-state index contributed by atoms with van der Waals surface area (Å²) in [5.41, 5.74) is 0.872. The second-order valence-electron chi connectivity index (χ2n) is 6.49. The molecule has 1 amide bonds. The lowest BCUT2D eigenvalue weighted by Gasteiger charge is -2.24. The summed E-state index contributed by atoms with van der Waals surface area (Å²) in [6.07, 6.45) is 9.39. The normalized spacial score (nSPS) is 16.7. The number of aromatic nitrogens is 3. The summed E-state index contributed by atoms with van der Waals surface area (Å²) in [4.78, 5) is 16.7. The number of carbonyl (C=O) groups is 1. The minimum Gasteiger partial charge on any atom is -0.352 e. The molecule has 1 heterocycles. The van der Waals surface area contributed by atoms with Gasteiger partial charge in [0, 0.05) is 6.04 Å². The number of carbonyl (C=O) groups excluding carboxylic acids is 1. The number of nitrogens with one attached hydrogen (secondary N) is 2. The molecule has 0 saturated heterocycles. The Morgan fingerprint density at radius 1 is 1.27 bits per heavy atom. The van der Waals surface area contributed by atoms with Crippen LogP contribution in [0, 0.1) is 5.82 Å². The van der Waals surface area contributed by atoms with E-state index in [1.165, 1.54) is 43.2 Å². The molecule has 0 radical (unpaired) electrons. The molecule has 26 heavy (non-hydrogen) atoms. The number of amides is 1. The van der Waals surface area contributed by atoms with Crippen LogP contribution in [0.25, 0.3) is 12.2 Å². The number of nitrogens with zero attached hydrogens (tertiary/aromatic N) is 2. The van der Waals surface area contributed by atoms with E-state index in [-0.39, 0.29) is 17.0 Å². The Bertz CT molecular complexity index is 753. The molecule has 1 atom stereocenters. The van der Waals surface area contributed by atoms with Gasteiger partial charge in [-0.15, -0.1) is 5.10 Å². The zero-order chi connectivity index (χ0) is 18.4. The first-order valence-electron chi connectivity index (χ1n) is 8.93. The molecule has 3 rings (SSSR count). The number of benzene rings is 1. The fourth-order valence-electron chi connectivity index (χ4n) is 2.91. The number of thioether (sulfide) groups is 1. The zero-order valence-corrected chi connectivity index (χ0v) is 15.6. The number of halogens is 1. The Morgan fingerprint density at radius 3 is 2.73 bits per heavy atom. The van der Waals surface area contributed by atoms with Crippen molar-refractivity contribution in [1.82, 2.24) is 20.5 Å². The molecule has 1 aliphatic carbocycles. The number of hydrogen-bond acceptors (Lipinski definition) is 4. The van der Waals surface area contributed by atoms with Crippen molar-refractivity contribution in [3.63, 3.8) is 0 Å². The molecule has 1 aliphatic rings. The summed E-state index contributed by atoms with van der Waals surface area (Å²) >= 11 is 1.34. The predicted octanol–water partition coefficient (Wildman–Crippen LogP) is 4.04. The van der Waals surface area contributed by atoms with Gasteiger partial charge in [-0.2, -0.15) is 0 Å². The van der Waals surface area contributed by atoms with Crippen molar-refractivity contribution in [1.29, 1.82) is 0 Å². The smallest absolute Gasteiger partial charge is 0.233 e. The van der Waals surface area contributed by atoms with E-state index in [1.54, 1.807) is 18.2 Å². The van der Waals surface area contributed by atoms with Crippen molar-refractivity contribution >= 4 is 29.8 Å². The van der Waals surface area contributed by atoms with Crippen LogP contribution in [0.2, 0.25) is 0 Å². The van der Waals surface area contributed by atoms with Gasteiger partial charge in [-0.3, -0.25) is 9.89 Å². The van der Waals surface area contributed by atoms with Crippen molar-refractivity contribution in [2.75, 3.05) is 0 Å². The van der Waals surface area contributed by atoms with Gasteiger partial charge < -0.3 is 5.32 Å². The van der Waals surface area contributed by atoms with E-state index in [4.69, 9.17) is 0 Å². The largest absolute Gasteiger partial charge is 0.352 e. The van der Waals surface area contributed by atoms with Crippen LogP contribution in [0.4, 0.5) is 4.39 Å². The Labute approximate surface area is 156 Å². The minimum atomic E-state index is -0.263. The summed E-state index contributed by atoms with van der Waals surface area (Å²) in [5.74, 6) is 0.368. The van der Waals surface area contributed by atoms with Crippen LogP contribution >= 0.6 is 11.8 Å². The van der Waals surface area contributed by atoms with E-state index in [0.717, 1.165) is 18.4 Å². The molecule has 138 valence electrons. The van der Waals surface area contributed by atoms with Crippen LogP contribution in [0.1, 0.15) is 50.4 Å². The lowest BCUT2D eigenvalue weighted by atomic mass is 9.95. The predicted molar refractivity (Wildman–Crippen MR) is 102 cm³/mol. The molecular weight excluding hydrogens is 351 g/mol. The molecular formula is C19H23FN4OS. The Hall–Kier alpha value is -2.15. The molecule has 1 aromatic carbocycles. The molecule has 1 unspecified atom stereocenters. The van der Waals surface area contributed by atoms with Crippen LogP contribution in [0.5, 0.6) is 0 Å². The molecule has 0 spiro atoms. The van der Waals surface area contributed by atoms with Gasteiger partial charge in [0.2, 0.25) is 11.1 Å². The number of rotatable bonds is 6. The molecule has 2 aromatic rings. The maximum atomic E-state index is 12.9. The van der Waals surface area contributed by atoms with Gasteiger partial charge in [0.05, 0.1) is 5.25 Å². The second-order valence-corrected chi connectivity index (χ2v) is 7.80. The SMILES string of the molecule is CC(Sc1n[nH]c(C=Cc2ccc(F)cc2)n1)C(=O)NC1CCCCC1. The second kappa shape index (κ2) is 8.98. The fourth-order valence-corrected chi connectivity index (χ4v) is 3.65. The van der Waals surface area contributed by atoms with Crippen molar-refractivity contribution < 1.29 is 9.18 Å². The quantitative estimate of drug-likeness (QED) is 0.749. The van der Waals surface area contributed by atoms with Gasteiger partial charge in [-0.25, -0.2) is 9.37 Å². The standard InChI is InChI=1S/C19H23FN4OS/c1-13(18(25)21-16-5-3-2-4-6-16)26-19-22-17(23-24-19)12-9-14-7-10-15(20)11-8-14/h7-13,16H,2-6H2,1H3,(H,21,25)(H,22,23,24). The first-order chi connectivity index (χ1) is 12.6. The molecule has 0 aliphatic heterocycles. The van der Waals surface area contributed by atoms with E-state index in [1.807, 2.05) is 13.0 Å². The fraction of sp³-hybridized carbons (Fsp3) is 0.421. The maximum Gasteiger partial charge on any atom is 0.233 e. The Morgan fingerprint density at radius 2 is 2.00 bits per heavy atom. The Kier molecular flexibility index (Phi) is 6.44. The van der Waals surface area contributed by atoms with Crippen molar-refractivity contribution in [2.24, 2.45) is 0 Å². The van der Waals surface area contributed by atoms with Crippen molar-refractivity contribution in [3.05, 3.63) is 41.5 Å². The highest BCUT2D eigenvalue weighted by Crippen LogP contribution is 2.22. The van der Waals surface area contributed by atoms with E-state index >= 15 is 0 Å². The van der Waals surface area contributed by atoms with E-state index < -0.39 is 0 Å². The van der Waals surface area contributed by atoms with Crippen LogP contribution < -0.4 is 5.32 Å². The number of hydrogen-bond donors (Lipinski definition) is 2. The molecule has 0 bridgehead atoms. The Balaban J connectivity index is 1.52. The molecule has 7 heteroatoms. The third-order valence-corrected chi connectivity index (χ3v) is 5.35. The van der Waals surface area contributed by atoms with Crippen LogP contribution in [0.15, 0.2) is 29.4 Å². The molecule has 2 N–H and O–H groups in total. The van der Waals surface area contributed by atoms with E-state index in [0.29, 0.717) is 17.0 Å². The summed E-state index contributed by atoms with van der Waals surface area (Å²) in [6.45, 7) is 1.87. The van der Waals surface area contributed by atoms with Crippen molar-refractivity contribution in [3.8, 4) is 0 Å². The zero-order valence-electron chi connectivity index (χ0n) is 14.7. The lowest BCUT2D eigenvalue weighted by molar-refractivity contribution is -0.121. The average Bonchev–Trinajstić information content (AvgIpc) is 3.09. The summed E-state index contributed by atoms with van der Waals surface area (Å²) in [5, 5.41) is 10.4. The number of aromatic amines is 1. The van der Waals surface area contributed by atoms with Gasteiger partial charge in [-0.1, -0.05) is 49.2 Å². The average molecular weight is 374 g/mol. The molecule has 1 fully saturated rings. The van der Waals surface area contributed by atoms with Gasteiger partial charge in [0.15, 0.2) is 0 Å². The van der Waals surface area contributed by atoms with Crippen LogP contribution in [0.3, 0.4) is 0 Å². The van der Waals surface area contributed by atoms with E-state index in [2.05, 4.69) is 20.5 Å². The van der Waals surface area contributed by atoms with Gasteiger partial charge in [0.1, 0.15) is 11.6 Å². The van der Waals surface area contributed by atoms with E-state index in [9.17, 15) is 9.18 Å². The highest BCUT2D eigenvalue weighted by Gasteiger charge is 2.21. The lowest BCUT2D eigenvalue weighted by Crippen LogP contribution is -2.40. The molecule has 1 saturated carbocycles. The first kappa shape index (κ1) is 18.6.